The van der Waals surface area contributed by atoms with E-state index in [0.717, 1.165) is 13.0 Å². The van der Waals surface area contributed by atoms with Crippen molar-refractivity contribution >= 4 is 23.1 Å². The fourth-order valence-electron chi connectivity index (χ4n) is 3.43. The van der Waals surface area contributed by atoms with E-state index >= 15 is 0 Å². The molecule has 0 fully saturated rings. The molecule has 21 heavy (non-hydrogen) atoms. The van der Waals surface area contributed by atoms with Crippen molar-refractivity contribution in [2.45, 2.75) is 28.7 Å². The van der Waals surface area contributed by atoms with Gasteiger partial charge in [0, 0.05) is 22.4 Å². The lowest BCUT2D eigenvalue weighted by Gasteiger charge is -2.33. The van der Waals surface area contributed by atoms with E-state index < -0.39 is 0 Å². The Morgan fingerprint density at radius 2 is 1.86 bits per heavy atom. The van der Waals surface area contributed by atoms with Crippen LogP contribution in [0, 0.1) is 0 Å². The van der Waals surface area contributed by atoms with E-state index in [1.807, 2.05) is 11.8 Å². The van der Waals surface area contributed by atoms with Gasteiger partial charge in [-0.2, -0.15) is 0 Å². The van der Waals surface area contributed by atoms with Crippen molar-refractivity contribution in [1.82, 2.24) is 4.90 Å². The zero-order chi connectivity index (χ0) is 14.4. The van der Waals surface area contributed by atoms with E-state index in [1.165, 1.54) is 33.2 Å². The van der Waals surface area contributed by atoms with Crippen molar-refractivity contribution in [1.29, 1.82) is 0 Å². The molecular weight excluding hydrogens is 276 g/mol. The molecule has 0 spiro atoms. The summed E-state index contributed by atoms with van der Waals surface area (Å²) >= 11 is 1.91. The molecule has 0 aliphatic carbocycles. The zero-order valence-corrected chi connectivity index (χ0v) is 13.4. The summed E-state index contributed by atoms with van der Waals surface area (Å²) in [5, 5.41) is 0. The van der Waals surface area contributed by atoms with Crippen LogP contribution in [0.5, 0.6) is 0 Å². The van der Waals surface area contributed by atoms with Crippen molar-refractivity contribution in [2.24, 2.45) is 0 Å². The van der Waals surface area contributed by atoms with Crippen LogP contribution >= 0.6 is 11.8 Å². The molecular formula is C18H20N2S. The smallest absolute Gasteiger partial charge is 0.0585 e. The highest BCUT2D eigenvalue weighted by atomic mass is 32.2. The van der Waals surface area contributed by atoms with Crippen LogP contribution in [0.15, 0.2) is 52.3 Å². The van der Waals surface area contributed by atoms with Gasteiger partial charge in [0.1, 0.15) is 0 Å². The summed E-state index contributed by atoms with van der Waals surface area (Å²) < 4.78 is 0. The number of hydrogen-bond donors (Lipinski definition) is 0. The normalized spacial score (nSPS) is 20.0. The predicted molar refractivity (Wildman–Crippen MR) is 89.8 cm³/mol. The van der Waals surface area contributed by atoms with Gasteiger partial charge < -0.3 is 9.80 Å². The Balaban J connectivity index is 1.86. The van der Waals surface area contributed by atoms with Crippen LogP contribution in [0.3, 0.4) is 0 Å². The zero-order valence-electron chi connectivity index (χ0n) is 12.5. The second-order valence-electron chi connectivity index (χ2n) is 6.10. The first-order valence-corrected chi connectivity index (χ1v) is 8.38. The first-order valence-electron chi connectivity index (χ1n) is 7.57. The lowest BCUT2D eigenvalue weighted by Crippen LogP contribution is -2.31. The lowest BCUT2D eigenvalue weighted by molar-refractivity contribution is 0.283. The summed E-state index contributed by atoms with van der Waals surface area (Å²) in [7, 11) is 4.40. The maximum atomic E-state index is 2.54. The Morgan fingerprint density at radius 3 is 2.71 bits per heavy atom. The Kier molecular flexibility index (Phi) is 3.20. The number of hydrogen-bond acceptors (Lipinski definition) is 3. The third-order valence-electron chi connectivity index (χ3n) is 4.60. The largest absolute Gasteiger partial charge is 0.339 e. The fraction of sp³-hybridized carbons (Fsp3) is 0.333. The average Bonchev–Trinajstić information content (AvgIpc) is 2.69. The van der Waals surface area contributed by atoms with Crippen LogP contribution in [-0.2, 0) is 6.42 Å². The highest BCUT2D eigenvalue weighted by molar-refractivity contribution is 7.99. The molecule has 0 bridgehead atoms. The highest BCUT2D eigenvalue weighted by Gasteiger charge is 2.30. The van der Waals surface area contributed by atoms with Crippen LogP contribution < -0.4 is 4.90 Å². The molecule has 2 heterocycles. The SMILES string of the molecule is CN(C)C1CCN2c3ccccc3Sc3cccc(c32)C1. The van der Waals surface area contributed by atoms with Gasteiger partial charge in [0.2, 0.25) is 0 Å². The van der Waals surface area contributed by atoms with E-state index in [1.54, 1.807) is 0 Å². The summed E-state index contributed by atoms with van der Waals surface area (Å²) in [4.78, 5) is 7.70. The minimum absolute atomic E-state index is 0.624. The van der Waals surface area contributed by atoms with Crippen molar-refractivity contribution < 1.29 is 0 Å². The van der Waals surface area contributed by atoms with Gasteiger partial charge in [-0.05, 0) is 50.7 Å². The third kappa shape index (κ3) is 2.16. The number of anilines is 2. The Morgan fingerprint density at radius 1 is 1.05 bits per heavy atom. The molecule has 0 saturated heterocycles. The second-order valence-corrected chi connectivity index (χ2v) is 7.18. The first-order chi connectivity index (χ1) is 10.2. The van der Waals surface area contributed by atoms with Crippen LogP contribution in [0.2, 0.25) is 0 Å². The molecule has 1 unspecified atom stereocenters. The number of likely N-dealkylation sites (N-methyl/N-ethyl adjacent to an activating group) is 1. The number of benzene rings is 2. The van der Waals surface area contributed by atoms with Crippen molar-refractivity contribution in [3.8, 4) is 0 Å². The highest BCUT2D eigenvalue weighted by Crippen LogP contribution is 2.50. The van der Waals surface area contributed by atoms with E-state index in [0.29, 0.717) is 6.04 Å². The van der Waals surface area contributed by atoms with E-state index in [4.69, 9.17) is 0 Å². The standard InChI is InChI=1S/C18H20N2S/c1-19(2)14-10-11-20-15-7-3-4-8-16(15)21-17-9-5-6-13(12-14)18(17)20/h3-9,14H,10-12H2,1-2H3. The Labute approximate surface area is 130 Å². The number of fused-ring (bicyclic) bond motifs is 2. The van der Waals surface area contributed by atoms with Crippen molar-refractivity contribution in [3.05, 3.63) is 48.0 Å². The van der Waals surface area contributed by atoms with Gasteiger partial charge in [0.15, 0.2) is 0 Å². The molecule has 0 aromatic heterocycles. The first kappa shape index (κ1) is 13.2. The molecule has 1 atom stereocenters. The molecule has 2 aromatic rings. The van der Waals surface area contributed by atoms with E-state index in [-0.39, 0.29) is 0 Å². The van der Waals surface area contributed by atoms with Gasteiger partial charge >= 0.3 is 0 Å². The minimum Gasteiger partial charge on any atom is -0.339 e. The van der Waals surface area contributed by atoms with Crippen LogP contribution in [0.25, 0.3) is 0 Å². The molecule has 2 aliphatic rings. The predicted octanol–water partition coefficient (Wildman–Crippen LogP) is 4.17. The minimum atomic E-state index is 0.624. The monoisotopic (exact) mass is 296 g/mol. The van der Waals surface area contributed by atoms with E-state index in [9.17, 15) is 0 Å². The fourth-order valence-corrected chi connectivity index (χ4v) is 4.58. The molecule has 0 saturated carbocycles. The summed E-state index contributed by atoms with van der Waals surface area (Å²) in [6.07, 6.45) is 2.36. The Hall–Kier alpha value is -1.45. The summed E-state index contributed by atoms with van der Waals surface area (Å²) in [5.41, 5.74) is 4.32. The topological polar surface area (TPSA) is 6.48 Å². The molecule has 2 aromatic carbocycles. The van der Waals surface area contributed by atoms with Crippen molar-refractivity contribution in [2.75, 3.05) is 25.5 Å². The average molecular weight is 296 g/mol. The van der Waals surface area contributed by atoms with Gasteiger partial charge in [-0.1, -0.05) is 36.0 Å². The van der Waals surface area contributed by atoms with Crippen LogP contribution in [0.4, 0.5) is 11.4 Å². The number of rotatable bonds is 1. The van der Waals surface area contributed by atoms with Crippen LogP contribution in [-0.4, -0.2) is 31.6 Å². The lowest BCUT2D eigenvalue weighted by atomic mass is 10.0. The molecule has 0 amide bonds. The number of para-hydroxylation sites is 2. The second kappa shape index (κ2) is 5.08. The molecule has 4 rings (SSSR count). The molecule has 3 heteroatoms. The molecule has 2 nitrogen and oxygen atoms in total. The van der Waals surface area contributed by atoms with Gasteiger partial charge in [-0.25, -0.2) is 0 Å². The van der Waals surface area contributed by atoms with E-state index in [2.05, 4.69) is 66.4 Å². The quantitative estimate of drug-likeness (QED) is 0.780. The molecule has 0 N–H and O–H groups in total. The maximum Gasteiger partial charge on any atom is 0.0585 e. The third-order valence-corrected chi connectivity index (χ3v) is 5.71. The van der Waals surface area contributed by atoms with Gasteiger partial charge in [-0.15, -0.1) is 0 Å². The van der Waals surface area contributed by atoms with Crippen LogP contribution in [0.1, 0.15) is 12.0 Å². The summed E-state index contributed by atoms with van der Waals surface area (Å²) in [6.45, 7) is 1.10. The molecule has 108 valence electrons. The summed E-state index contributed by atoms with van der Waals surface area (Å²) in [6, 6.07) is 16.2. The summed E-state index contributed by atoms with van der Waals surface area (Å²) in [5.74, 6) is 0. The maximum absolute atomic E-state index is 2.54. The van der Waals surface area contributed by atoms with Crippen molar-refractivity contribution in [3.63, 3.8) is 0 Å². The Bertz CT molecular complexity index is 681. The van der Waals surface area contributed by atoms with Gasteiger partial charge in [0.25, 0.3) is 0 Å². The van der Waals surface area contributed by atoms with Gasteiger partial charge in [0.05, 0.1) is 11.4 Å². The number of nitrogens with zero attached hydrogens (tertiary/aromatic N) is 2. The molecule has 0 radical (unpaired) electrons. The van der Waals surface area contributed by atoms with Gasteiger partial charge in [-0.3, -0.25) is 0 Å². The molecule has 2 aliphatic heterocycles.